The van der Waals surface area contributed by atoms with Crippen LogP contribution >= 0.6 is 0 Å². The lowest BCUT2D eigenvalue weighted by Gasteiger charge is -2.28. The molecule has 30 heavy (non-hydrogen) atoms. The second kappa shape index (κ2) is 11.1. The number of pyridine rings is 1. The third kappa shape index (κ3) is 4.10. The molecule has 0 aliphatic rings. The Labute approximate surface area is 186 Å². The SMILES string of the molecule is CCc1nc(-c2c(CC)c(CC)c(CC)c(CC)c2CC)c(CC)c(CC)c1CC. The third-order valence-electron chi connectivity index (χ3n) is 7.07. The minimum Gasteiger partial charge on any atom is -0.252 e. The molecule has 0 saturated carbocycles. The highest BCUT2D eigenvalue weighted by Crippen LogP contribution is 2.40. The molecule has 2 rings (SSSR count). The van der Waals surface area contributed by atoms with Crippen molar-refractivity contribution in [3.05, 3.63) is 50.2 Å². The molecule has 0 spiro atoms. The topological polar surface area (TPSA) is 12.9 Å². The lowest BCUT2D eigenvalue weighted by Crippen LogP contribution is -2.14. The third-order valence-corrected chi connectivity index (χ3v) is 7.07. The van der Waals surface area contributed by atoms with Crippen molar-refractivity contribution in [3.63, 3.8) is 0 Å². The molecule has 166 valence electrons. The summed E-state index contributed by atoms with van der Waals surface area (Å²) in [7, 11) is 0. The largest absolute Gasteiger partial charge is 0.252 e. The van der Waals surface area contributed by atoms with Crippen LogP contribution in [0.2, 0.25) is 0 Å². The monoisotopic (exact) mass is 407 g/mol. The summed E-state index contributed by atoms with van der Waals surface area (Å²) in [5.74, 6) is 0. The van der Waals surface area contributed by atoms with Gasteiger partial charge in [0.1, 0.15) is 0 Å². The van der Waals surface area contributed by atoms with Crippen LogP contribution < -0.4 is 0 Å². The molecular formula is C29H45N. The molecular weight excluding hydrogens is 362 g/mol. The Morgan fingerprint density at radius 1 is 0.367 bits per heavy atom. The van der Waals surface area contributed by atoms with E-state index in [9.17, 15) is 0 Å². The second-order valence-electron chi connectivity index (χ2n) is 8.29. The molecule has 0 fully saturated rings. The number of hydrogen-bond acceptors (Lipinski definition) is 1. The summed E-state index contributed by atoms with van der Waals surface area (Å²) < 4.78 is 0. The van der Waals surface area contributed by atoms with Crippen LogP contribution in [0, 0.1) is 0 Å². The number of nitrogens with zero attached hydrogens (tertiary/aromatic N) is 1. The van der Waals surface area contributed by atoms with Gasteiger partial charge in [-0.15, -0.1) is 0 Å². The molecule has 1 heteroatoms. The maximum atomic E-state index is 5.44. The van der Waals surface area contributed by atoms with E-state index >= 15 is 0 Å². The van der Waals surface area contributed by atoms with E-state index in [1.807, 2.05) is 0 Å². The van der Waals surface area contributed by atoms with Crippen LogP contribution in [0.1, 0.15) is 113 Å². The van der Waals surface area contributed by atoms with E-state index in [1.165, 1.54) is 28.1 Å². The normalized spacial score (nSPS) is 11.4. The van der Waals surface area contributed by atoms with Crippen LogP contribution in [0.15, 0.2) is 0 Å². The summed E-state index contributed by atoms with van der Waals surface area (Å²) >= 11 is 0. The average molecular weight is 408 g/mol. The molecule has 0 saturated heterocycles. The van der Waals surface area contributed by atoms with Gasteiger partial charge in [0.05, 0.1) is 5.69 Å². The number of benzene rings is 1. The van der Waals surface area contributed by atoms with Crippen molar-refractivity contribution in [2.75, 3.05) is 0 Å². The number of rotatable bonds is 10. The predicted molar refractivity (Wildman–Crippen MR) is 134 cm³/mol. The molecule has 1 nitrogen and oxygen atoms in total. The van der Waals surface area contributed by atoms with Gasteiger partial charge in [-0.3, -0.25) is 4.98 Å². The zero-order valence-corrected chi connectivity index (χ0v) is 21.3. The van der Waals surface area contributed by atoms with Crippen molar-refractivity contribution in [2.24, 2.45) is 0 Å². The fourth-order valence-electron chi connectivity index (χ4n) is 5.87. The molecule has 0 atom stereocenters. The minimum absolute atomic E-state index is 1.02. The van der Waals surface area contributed by atoms with Crippen LogP contribution in [0.3, 0.4) is 0 Å². The fraction of sp³-hybridized carbons (Fsp3) is 0.621. The highest BCUT2D eigenvalue weighted by atomic mass is 14.7. The van der Waals surface area contributed by atoms with Crippen molar-refractivity contribution in [1.82, 2.24) is 4.98 Å². The van der Waals surface area contributed by atoms with Gasteiger partial charge in [0, 0.05) is 11.3 Å². The van der Waals surface area contributed by atoms with Gasteiger partial charge in [-0.05, 0) is 102 Å². The van der Waals surface area contributed by atoms with Gasteiger partial charge in [-0.1, -0.05) is 62.3 Å². The molecule has 0 aliphatic carbocycles. The molecule has 1 aromatic heterocycles. The highest BCUT2D eigenvalue weighted by molar-refractivity contribution is 5.77. The van der Waals surface area contributed by atoms with Gasteiger partial charge in [0.2, 0.25) is 0 Å². The first-order valence-electron chi connectivity index (χ1n) is 12.7. The highest BCUT2D eigenvalue weighted by Gasteiger charge is 2.25. The Morgan fingerprint density at radius 2 is 0.700 bits per heavy atom. The maximum absolute atomic E-state index is 5.44. The molecule has 1 aromatic carbocycles. The van der Waals surface area contributed by atoms with Crippen molar-refractivity contribution in [3.8, 4) is 11.3 Å². The summed E-state index contributed by atoms with van der Waals surface area (Å²) in [6, 6.07) is 0. The van der Waals surface area contributed by atoms with Gasteiger partial charge >= 0.3 is 0 Å². The van der Waals surface area contributed by atoms with Crippen LogP contribution in [0.25, 0.3) is 11.3 Å². The standard InChI is InChI=1S/C29H45N/c1-10-19-20(11-2)24(15-6)28(25(16-7)21(19)12-3)29-26(17-8)22(13-4)23(14-5)27(18-9)30-29/h10-18H2,1-9H3. The van der Waals surface area contributed by atoms with Crippen LogP contribution in [0.4, 0.5) is 0 Å². The lowest BCUT2D eigenvalue weighted by molar-refractivity contribution is 0.885. The van der Waals surface area contributed by atoms with Gasteiger partial charge in [-0.25, -0.2) is 0 Å². The molecule has 0 aliphatic heterocycles. The van der Waals surface area contributed by atoms with Gasteiger partial charge in [-0.2, -0.15) is 0 Å². The van der Waals surface area contributed by atoms with E-state index in [4.69, 9.17) is 4.98 Å². The summed E-state index contributed by atoms with van der Waals surface area (Å²) in [5.41, 5.74) is 16.7. The Balaban J connectivity index is 3.14. The molecule has 0 N–H and O–H groups in total. The number of aryl methyl sites for hydroxylation is 1. The average Bonchev–Trinajstić information content (AvgIpc) is 2.79. The minimum atomic E-state index is 1.02. The van der Waals surface area contributed by atoms with Crippen LogP contribution in [0.5, 0.6) is 0 Å². The summed E-state index contributed by atoms with van der Waals surface area (Å²) in [6.45, 7) is 20.9. The molecule has 1 heterocycles. The lowest BCUT2D eigenvalue weighted by atomic mass is 9.78. The van der Waals surface area contributed by atoms with Crippen molar-refractivity contribution >= 4 is 0 Å². The molecule has 0 bridgehead atoms. The smallest absolute Gasteiger partial charge is 0.0745 e. The molecule has 0 unspecified atom stereocenters. The first kappa shape index (κ1) is 24.6. The molecule has 0 amide bonds. The van der Waals surface area contributed by atoms with E-state index in [-0.39, 0.29) is 0 Å². The van der Waals surface area contributed by atoms with Crippen LogP contribution in [-0.2, 0) is 57.8 Å². The van der Waals surface area contributed by atoms with Crippen molar-refractivity contribution in [1.29, 1.82) is 0 Å². The first-order chi connectivity index (χ1) is 14.5. The Hall–Kier alpha value is -1.63. The summed E-state index contributed by atoms with van der Waals surface area (Å²) in [6.07, 6.45) is 9.82. The maximum Gasteiger partial charge on any atom is 0.0745 e. The Kier molecular flexibility index (Phi) is 9.13. The second-order valence-corrected chi connectivity index (χ2v) is 8.29. The molecule has 0 radical (unpaired) electrons. The van der Waals surface area contributed by atoms with Gasteiger partial charge in [0.25, 0.3) is 0 Å². The summed E-state index contributed by atoms with van der Waals surface area (Å²) in [4.78, 5) is 5.44. The Bertz CT molecular complexity index is 840. The Morgan fingerprint density at radius 3 is 1.03 bits per heavy atom. The predicted octanol–water partition coefficient (Wildman–Crippen LogP) is 7.81. The summed E-state index contributed by atoms with van der Waals surface area (Å²) in [5, 5.41) is 0. The zero-order valence-electron chi connectivity index (χ0n) is 21.3. The van der Waals surface area contributed by atoms with E-state index in [0.717, 1.165) is 57.8 Å². The fourth-order valence-corrected chi connectivity index (χ4v) is 5.87. The number of hydrogen-bond donors (Lipinski definition) is 0. The van der Waals surface area contributed by atoms with E-state index in [0.29, 0.717) is 0 Å². The van der Waals surface area contributed by atoms with Gasteiger partial charge in [0.15, 0.2) is 0 Å². The van der Waals surface area contributed by atoms with Gasteiger partial charge < -0.3 is 0 Å². The number of aromatic nitrogens is 1. The zero-order chi connectivity index (χ0) is 22.4. The van der Waals surface area contributed by atoms with Crippen LogP contribution in [-0.4, -0.2) is 4.98 Å². The van der Waals surface area contributed by atoms with Crippen molar-refractivity contribution < 1.29 is 0 Å². The molecule has 2 aromatic rings. The van der Waals surface area contributed by atoms with Crippen molar-refractivity contribution in [2.45, 2.75) is 120 Å². The first-order valence-corrected chi connectivity index (χ1v) is 12.7. The van der Waals surface area contributed by atoms with E-state index < -0.39 is 0 Å². The quantitative estimate of drug-likeness (QED) is 0.391. The van der Waals surface area contributed by atoms with E-state index in [2.05, 4.69) is 62.3 Å². The van der Waals surface area contributed by atoms with E-state index in [1.54, 1.807) is 33.4 Å².